The SMILES string of the molecule is CN(CCBr)[P@](=O)(OCC1CCCC1)Oc1ccccc1. The zero-order valence-electron chi connectivity index (χ0n) is 12.4. The van der Waals surface area contributed by atoms with Crippen LogP contribution in [0.25, 0.3) is 0 Å². The van der Waals surface area contributed by atoms with Crippen molar-refractivity contribution in [3.8, 4) is 5.75 Å². The van der Waals surface area contributed by atoms with Crippen LogP contribution in [0.2, 0.25) is 0 Å². The lowest BCUT2D eigenvalue weighted by atomic mass is 10.1. The summed E-state index contributed by atoms with van der Waals surface area (Å²) in [7, 11) is -1.52. The Morgan fingerprint density at radius 1 is 1.29 bits per heavy atom. The maximum atomic E-state index is 13.1. The lowest BCUT2D eigenvalue weighted by molar-refractivity contribution is 0.189. The van der Waals surface area contributed by atoms with Crippen LogP contribution >= 0.6 is 23.7 Å². The van der Waals surface area contributed by atoms with E-state index in [1.54, 1.807) is 23.9 Å². The lowest BCUT2D eigenvalue weighted by Gasteiger charge is -2.27. The van der Waals surface area contributed by atoms with Crippen molar-refractivity contribution in [2.45, 2.75) is 25.7 Å². The van der Waals surface area contributed by atoms with Gasteiger partial charge in [-0.05, 0) is 37.9 Å². The first kappa shape index (κ1) is 17.0. The van der Waals surface area contributed by atoms with E-state index < -0.39 is 7.75 Å². The van der Waals surface area contributed by atoms with Crippen LogP contribution in [0.1, 0.15) is 25.7 Å². The number of hydrogen-bond acceptors (Lipinski definition) is 3. The molecule has 0 amide bonds. The zero-order valence-corrected chi connectivity index (χ0v) is 14.9. The predicted octanol–water partition coefficient (Wildman–Crippen LogP) is 4.71. The fraction of sp³-hybridized carbons (Fsp3) is 0.600. The minimum Gasteiger partial charge on any atom is -0.413 e. The molecule has 0 spiro atoms. The second-order valence-electron chi connectivity index (χ2n) is 5.39. The molecule has 0 heterocycles. The molecule has 1 aromatic rings. The number of halogens is 1. The van der Waals surface area contributed by atoms with Gasteiger partial charge in [0.25, 0.3) is 0 Å². The fourth-order valence-corrected chi connectivity index (χ4v) is 4.76. The summed E-state index contributed by atoms with van der Waals surface area (Å²) in [5.74, 6) is 1.09. The number of nitrogens with zero attached hydrogens (tertiary/aromatic N) is 1. The van der Waals surface area contributed by atoms with Crippen LogP contribution in [0.4, 0.5) is 0 Å². The monoisotopic (exact) mass is 375 g/mol. The maximum Gasteiger partial charge on any atom is 0.461 e. The molecule has 1 saturated carbocycles. The molecule has 0 saturated heterocycles. The van der Waals surface area contributed by atoms with Crippen molar-refractivity contribution < 1.29 is 13.6 Å². The number of rotatable bonds is 8. The van der Waals surface area contributed by atoms with Crippen molar-refractivity contribution >= 4 is 23.7 Å². The predicted molar refractivity (Wildman–Crippen MR) is 89.0 cm³/mol. The molecule has 21 heavy (non-hydrogen) atoms. The topological polar surface area (TPSA) is 38.8 Å². The average molecular weight is 376 g/mol. The quantitative estimate of drug-likeness (QED) is 0.487. The van der Waals surface area contributed by atoms with Gasteiger partial charge in [-0.25, -0.2) is 9.24 Å². The van der Waals surface area contributed by atoms with Crippen molar-refractivity contribution in [3.63, 3.8) is 0 Å². The highest BCUT2D eigenvalue weighted by molar-refractivity contribution is 9.09. The van der Waals surface area contributed by atoms with Crippen LogP contribution in [-0.4, -0.2) is 30.2 Å². The van der Waals surface area contributed by atoms with E-state index in [0.717, 1.165) is 18.2 Å². The summed E-state index contributed by atoms with van der Waals surface area (Å²) in [6, 6.07) is 9.22. The third kappa shape index (κ3) is 5.10. The largest absolute Gasteiger partial charge is 0.461 e. The molecule has 1 aliphatic rings. The van der Waals surface area contributed by atoms with Crippen molar-refractivity contribution in [1.82, 2.24) is 4.67 Å². The molecule has 1 atom stereocenters. The maximum absolute atomic E-state index is 13.1. The third-order valence-corrected chi connectivity index (χ3v) is 6.05. The van der Waals surface area contributed by atoms with E-state index in [4.69, 9.17) is 9.05 Å². The normalized spacial score (nSPS) is 18.8. The first-order valence-electron chi connectivity index (χ1n) is 7.41. The zero-order chi connectivity index (χ0) is 15.1. The van der Waals surface area contributed by atoms with Crippen LogP contribution in [0.15, 0.2) is 30.3 Å². The first-order chi connectivity index (χ1) is 10.1. The third-order valence-electron chi connectivity index (χ3n) is 3.74. The van der Waals surface area contributed by atoms with Gasteiger partial charge in [-0.3, -0.25) is 4.52 Å². The Balaban J connectivity index is 2.03. The Morgan fingerprint density at radius 2 is 1.95 bits per heavy atom. The first-order valence-corrected chi connectivity index (χ1v) is 10.0. The van der Waals surface area contributed by atoms with Crippen LogP contribution in [0.5, 0.6) is 5.75 Å². The molecule has 0 unspecified atom stereocenters. The van der Waals surface area contributed by atoms with E-state index >= 15 is 0 Å². The second kappa shape index (κ2) is 8.33. The summed E-state index contributed by atoms with van der Waals surface area (Å²) in [5.41, 5.74) is 0. The van der Waals surface area contributed by atoms with Gasteiger partial charge in [0.2, 0.25) is 0 Å². The van der Waals surface area contributed by atoms with Crippen LogP contribution in [0, 0.1) is 5.92 Å². The average Bonchev–Trinajstić information content (AvgIpc) is 3.00. The second-order valence-corrected chi connectivity index (χ2v) is 8.24. The molecule has 4 nitrogen and oxygen atoms in total. The van der Waals surface area contributed by atoms with Gasteiger partial charge in [-0.2, -0.15) is 0 Å². The molecular weight excluding hydrogens is 353 g/mol. The van der Waals surface area contributed by atoms with E-state index in [-0.39, 0.29) is 0 Å². The Morgan fingerprint density at radius 3 is 2.57 bits per heavy atom. The molecule has 0 bridgehead atoms. The lowest BCUT2D eigenvalue weighted by Crippen LogP contribution is -2.23. The van der Waals surface area contributed by atoms with Gasteiger partial charge in [-0.1, -0.05) is 47.0 Å². The Labute approximate surface area is 135 Å². The van der Waals surface area contributed by atoms with Crippen LogP contribution in [0.3, 0.4) is 0 Å². The van der Waals surface area contributed by atoms with Gasteiger partial charge in [0.05, 0.1) is 6.61 Å². The van der Waals surface area contributed by atoms with Crippen LogP contribution in [-0.2, 0) is 9.09 Å². The summed E-state index contributed by atoms with van der Waals surface area (Å²) in [6.07, 6.45) is 4.81. The molecule has 1 aliphatic carbocycles. The van der Waals surface area contributed by atoms with Crippen LogP contribution < -0.4 is 4.52 Å². The summed E-state index contributed by atoms with van der Waals surface area (Å²) >= 11 is 3.37. The van der Waals surface area contributed by atoms with Gasteiger partial charge in [0.15, 0.2) is 0 Å². The Hall–Kier alpha value is -0.350. The highest BCUT2D eigenvalue weighted by Crippen LogP contribution is 2.51. The highest BCUT2D eigenvalue weighted by atomic mass is 79.9. The fourth-order valence-electron chi connectivity index (χ4n) is 2.43. The van der Waals surface area contributed by atoms with Gasteiger partial charge >= 0.3 is 7.75 Å². The summed E-state index contributed by atoms with van der Waals surface area (Å²) in [4.78, 5) is 0. The molecule has 0 N–H and O–H groups in total. The molecule has 0 aliphatic heterocycles. The smallest absolute Gasteiger partial charge is 0.413 e. The van der Waals surface area contributed by atoms with Crippen molar-refractivity contribution in [1.29, 1.82) is 0 Å². The molecule has 0 radical (unpaired) electrons. The summed E-state index contributed by atoms with van der Waals surface area (Å²) < 4.78 is 26.2. The Bertz CT molecular complexity index is 465. The molecule has 1 aromatic carbocycles. The van der Waals surface area contributed by atoms with Crippen molar-refractivity contribution in [2.24, 2.45) is 5.92 Å². The summed E-state index contributed by atoms with van der Waals surface area (Å²) in [5, 5.41) is 0.721. The van der Waals surface area contributed by atoms with Gasteiger partial charge in [0.1, 0.15) is 5.75 Å². The van der Waals surface area contributed by atoms with E-state index in [0.29, 0.717) is 24.8 Å². The molecule has 0 aromatic heterocycles. The van der Waals surface area contributed by atoms with Crippen molar-refractivity contribution in [2.75, 3.05) is 25.5 Å². The minimum atomic E-state index is -3.30. The number of alkyl halides is 1. The minimum absolute atomic E-state index is 0.509. The van der Waals surface area contributed by atoms with Crippen molar-refractivity contribution in [3.05, 3.63) is 30.3 Å². The van der Waals surface area contributed by atoms with Gasteiger partial charge in [0, 0.05) is 11.9 Å². The van der Waals surface area contributed by atoms with E-state index in [9.17, 15) is 4.57 Å². The molecule has 1 fully saturated rings. The van der Waals surface area contributed by atoms with E-state index in [1.165, 1.54) is 12.8 Å². The molecule has 118 valence electrons. The highest BCUT2D eigenvalue weighted by Gasteiger charge is 2.33. The summed E-state index contributed by atoms with van der Waals surface area (Å²) in [6.45, 7) is 1.12. The number of hydrogen-bond donors (Lipinski definition) is 0. The van der Waals surface area contributed by atoms with Gasteiger partial charge < -0.3 is 4.52 Å². The standard InChI is InChI=1S/C15H23BrNO3P/c1-17(12-11-16)21(18,19-13-14-7-5-6-8-14)20-15-9-3-2-4-10-15/h2-4,9-10,14H,5-8,11-13H2,1H3/t21-/m0/s1. The van der Waals surface area contributed by atoms with E-state index in [2.05, 4.69) is 15.9 Å². The number of benzene rings is 1. The Kier molecular flexibility index (Phi) is 6.74. The number of para-hydroxylation sites is 1. The van der Waals surface area contributed by atoms with Gasteiger partial charge in [-0.15, -0.1) is 0 Å². The van der Waals surface area contributed by atoms with E-state index in [1.807, 2.05) is 18.2 Å². The molecular formula is C15H23BrNO3P. The molecule has 6 heteroatoms. The molecule has 2 rings (SSSR count).